The maximum absolute atomic E-state index is 5.21. The Bertz CT molecular complexity index is 2910. The molecule has 0 aliphatic heterocycles. The third-order valence-corrected chi connectivity index (χ3v) is 10.9. The molecule has 0 radical (unpaired) electrons. The molecule has 1 aromatic heterocycles. The van der Waals surface area contributed by atoms with Gasteiger partial charge < -0.3 is 4.90 Å². The monoisotopic (exact) mass is 753 g/mol. The van der Waals surface area contributed by atoms with Crippen LogP contribution in [0.15, 0.2) is 237 Å². The molecular weight excluding hydrogens is 715 g/mol. The van der Waals surface area contributed by atoms with Gasteiger partial charge in [-0.3, -0.25) is 0 Å². The molecule has 0 amide bonds. The summed E-state index contributed by atoms with van der Waals surface area (Å²) in [5, 5.41) is 0. The van der Waals surface area contributed by atoms with Gasteiger partial charge in [0.25, 0.3) is 0 Å². The lowest BCUT2D eigenvalue weighted by atomic mass is 9.95. The van der Waals surface area contributed by atoms with Crippen LogP contribution < -0.4 is 4.90 Å². The number of anilines is 3. The molecule has 10 rings (SSSR count). The summed E-state index contributed by atoms with van der Waals surface area (Å²) in [5.41, 5.74) is 18.0. The second kappa shape index (κ2) is 15.9. The third kappa shape index (κ3) is 7.18. The second-order valence-electron chi connectivity index (χ2n) is 14.6. The zero-order valence-electron chi connectivity index (χ0n) is 32.4. The van der Waals surface area contributed by atoms with Gasteiger partial charge in [0.15, 0.2) is 0 Å². The number of aromatic nitrogens is 2. The van der Waals surface area contributed by atoms with Crippen LogP contribution in [0.4, 0.5) is 17.1 Å². The Morgan fingerprint density at radius 3 is 1.08 bits per heavy atom. The Balaban J connectivity index is 1.15. The van der Waals surface area contributed by atoms with Gasteiger partial charge in [-0.1, -0.05) is 188 Å². The molecule has 0 saturated heterocycles. The first-order chi connectivity index (χ1) is 29.3. The Labute approximate surface area is 345 Å². The predicted octanol–water partition coefficient (Wildman–Crippen LogP) is 15.1. The minimum Gasteiger partial charge on any atom is -0.309 e. The number of nitrogens with zero attached hydrogens (tertiary/aromatic N) is 3. The van der Waals surface area contributed by atoms with Crippen LogP contribution in [0.3, 0.4) is 0 Å². The molecule has 278 valence electrons. The first-order valence-electron chi connectivity index (χ1n) is 20.0. The van der Waals surface area contributed by atoms with E-state index in [1.807, 2.05) is 30.3 Å². The summed E-state index contributed by atoms with van der Waals surface area (Å²) >= 11 is 0. The van der Waals surface area contributed by atoms with Gasteiger partial charge in [0, 0.05) is 27.9 Å². The average molecular weight is 754 g/mol. The van der Waals surface area contributed by atoms with Crippen LogP contribution in [0.2, 0.25) is 0 Å². The predicted molar refractivity (Wildman–Crippen MR) is 247 cm³/mol. The van der Waals surface area contributed by atoms with Crippen molar-refractivity contribution in [2.75, 3.05) is 4.90 Å². The smallest absolute Gasteiger partial charge is 0.0973 e. The van der Waals surface area contributed by atoms with Crippen LogP contribution in [-0.4, -0.2) is 9.97 Å². The van der Waals surface area contributed by atoms with Crippen molar-refractivity contribution in [2.45, 2.75) is 0 Å². The molecule has 0 N–H and O–H groups in total. The highest BCUT2D eigenvalue weighted by molar-refractivity contribution is 5.95. The molecule has 0 bridgehead atoms. The van der Waals surface area contributed by atoms with Crippen molar-refractivity contribution in [3.8, 4) is 67.0 Å². The summed E-state index contributed by atoms with van der Waals surface area (Å²) in [5.74, 6) is 0. The number of fused-ring (bicyclic) bond motifs is 1. The standard InChI is InChI=1S/C56H39N3/c1-4-18-40(19-5-1)44-24-16-26-46(38-44)49-28-10-14-32-53(49)59(54-33-15-11-29-50(54)47-27-17-25-45(39-47)41-20-6-2-7-21-41)48-36-34-43(35-37-48)56-55(42-22-8-3-9-23-42)57-51-30-12-13-31-52(51)58-56/h1-39H. The van der Waals surface area contributed by atoms with E-state index in [9.17, 15) is 0 Å². The van der Waals surface area contributed by atoms with Crippen molar-refractivity contribution in [1.29, 1.82) is 0 Å². The minimum atomic E-state index is 0.851. The van der Waals surface area contributed by atoms with E-state index in [0.717, 1.165) is 72.9 Å². The Morgan fingerprint density at radius 2 is 0.610 bits per heavy atom. The van der Waals surface area contributed by atoms with Crippen LogP contribution >= 0.6 is 0 Å². The molecule has 9 aromatic carbocycles. The molecule has 3 nitrogen and oxygen atoms in total. The lowest BCUT2D eigenvalue weighted by Gasteiger charge is -2.30. The SMILES string of the molecule is c1ccc(-c2cccc(-c3ccccc3N(c3ccc(-c4nc5ccccc5nc4-c4ccccc4)cc3)c3ccccc3-c3cccc(-c4ccccc4)c3)c2)cc1. The van der Waals surface area contributed by atoms with Crippen molar-refractivity contribution in [3.63, 3.8) is 0 Å². The van der Waals surface area contributed by atoms with Gasteiger partial charge >= 0.3 is 0 Å². The maximum Gasteiger partial charge on any atom is 0.0973 e. The van der Waals surface area contributed by atoms with Gasteiger partial charge in [-0.2, -0.15) is 0 Å². The fraction of sp³-hybridized carbons (Fsp3) is 0. The molecule has 0 atom stereocenters. The second-order valence-corrected chi connectivity index (χ2v) is 14.6. The molecule has 1 heterocycles. The first-order valence-corrected chi connectivity index (χ1v) is 20.0. The molecule has 0 aliphatic rings. The van der Waals surface area contributed by atoms with Crippen LogP contribution in [0.25, 0.3) is 78.1 Å². The molecule has 10 aromatic rings. The Hall–Kier alpha value is -7.88. The fourth-order valence-electron chi connectivity index (χ4n) is 7.99. The van der Waals surface area contributed by atoms with Crippen molar-refractivity contribution < 1.29 is 0 Å². The van der Waals surface area contributed by atoms with Crippen molar-refractivity contribution in [2.24, 2.45) is 0 Å². The van der Waals surface area contributed by atoms with E-state index >= 15 is 0 Å². The fourth-order valence-corrected chi connectivity index (χ4v) is 7.99. The van der Waals surface area contributed by atoms with Gasteiger partial charge in [-0.15, -0.1) is 0 Å². The summed E-state index contributed by atoms with van der Waals surface area (Å²) in [6.45, 7) is 0. The molecule has 59 heavy (non-hydrogen) atoms. The van der Waals surface area contributed by atoms with E-state index in [-0.39, 0.29) is 0 Å². The summed E-state index contributed by atoms with van der Waals surface area (Å²) in [4.78, 5) is 12.8. The number of hydrogen-bond donors (Lipinski definition) is 0. The van der Waals surface area contributed by atoms with Gasteiger partial charge in [0.1, 0.15) is 0 Å². The van der Waals surface area contributed by atoms with Gasteiger partial charge in [-0.25, -0.2) is 9.97 Å². The Morgan fingerprint density at radius 1 is 0.254 bits per heavy atom. The average Bonchev–Trinajstić information content (AvgIpc) is 3.33. The van der Waals surface area contributed by atoms with Gasteiger partial charge in [0.05, 0.1) is 33.8 Å². The van der Waals surface area contributed by atoms with E-state index in [0.29, 0.717) is 0 Å². The van der Waals surface area contributed by atoms with E-state index in [2.05, 4.69) is 211 Å². The van der Waals surface area contributed by atoms with Crippen molar-refractivity contribution in [1.82, 2.24) is 9.97 Å². The van der Waals surface area contributed by atoms with Gasteiger partial charge in [0.2, 0.25) is 0 Å². The van der Waals surface area contributed by atoms with Crippen LogP contribution in [0, 0.1) is 0 Å². The summed E-state index contributed by atoms with van der Waals surface area (Å²) in [6.07, 6.45) is 0. The van der Waals surface area contributed by atoms with E-state index in [4.69, 9.17) is 9.97 Å². The summed E-state index contributed by atoms with van der Waals surface area (Å²) in [7, 11) is 0. The molecule has 0 spiro atoms. The molecular formula is C56H39N3. The van der Waals surface area contributed by atoms with Crippen LogP contribution in [0.5, 0.6) is 0 Å². The molecule has 0 unspecified atom stereocenters. The highest BCUT2D eigenvalue weighted by Gasteiger charge is 2.22. The third-order valence-electron chi connectivity index (χ3n) is 10.9. The topological polar surface area (TPSA) is 29.0 Å². The number of rotatable bonds is 9. The zero-order chi connectivity index (χ0) is 39.4. The normalized spacial score (nSPS) is 11.1. The molecule has 0 fully saturated rings. The van der Waals surface area contributed by atoms with E-state index < -0.39 is 0 Å². The van der Waals surface area contributed by atoms with Gasteiger partial charge in [-0.05, 0) is 81.9 Å². The summed E-state index contributed by atoms with van der Waals surface area (Å²) < 4.78 is 0. The summed E-state index contributed by atoms with van der Waals surface area (Å²) in [6, 6.07) is 83.6. The number of para-hydroxylation sites is 4. The highest BCUT2D eigenvalue weighted by Crippen LogP contribution is 2.46. The Kier molecular flexibility index (Phi) is 9.59. The van der Waals surface area contributed by atoms with Crippen LogP contribution in [0.1, 0.15) is 0 Å². The quantitative estimate of drug-likeness (QED) is 0.147. The van der Waals surface area contributed by atoms with Crippen molar-refractivity contribution in [3.05, 3.63) is 237 Å². The van der Waals surface area contributed by atoms with E-state index in [1.54, 1.807) is 0 Å². The largest absolute Gasteiger partial charge is 0.309 e. The lowest BCUT2D eigenvalue weighted by Crippen LogP contribution is -2.12. The molecule has 0 saturated carbocycles. The number of hydrogen-bond acceptors (Lipinski definition) is 3. The first kappa shape index (κ1) is 35.5. The zero-order valence-corrected chi connectivity index (χ0v) is 32.4. The number of benzene rings is 9. The lowest BCUT2D eigenvalue weighted by molar-refractivity contribution is 1.27. The van der Waals surface area contributed by atoms with Crippen molar-refractivity contribution >= 4 is 28.1 Å². The van der Waals surface area contributed by atoms with Crippen LogP contribution in [-0.2, 0) is 0 Å². The highest BCUT2D eigenvalue weighted by atomic mass is 15.1. The molecule has 0 aliphatic carbocycles. The maximum atomic E-state index is 5.21. The minimum absolute atomic E-state index is 0.851. The van der Waals surface area contributed by atoms with E-state index in [1.165, 1.54) is 22.3 Å². The molecule has 3 heteroatoms.